The van der Waals surface area contributed by atoms with Crippen molar-refractivity contribution in [3.05, 3.63) is 65.4 Å². The van der Waals surface area contributed by atoms with Crippen molar-refractivity contribution in [3.63, 3.8) is 0 Å². The molecule has 1 amide bonds. The number of hydrogen-bond donors (Lipinski definition) is 1. The third-order valence-corrected chi connectivity index (χ3v) is 4.67. The highest BCUT2D eigenvalue weighted by atomic mass is 19.1. The van der Waals surface area contributed by atoms with E-state index in [2.05, 4.69) is 20.1 Å². The maximum Gasteiger partial charge on any atom is 0.287 e. The zero-order valence-electron chi connectivity index (χ0n) is 15.4. The average Bonchev–Trinajstić information content (AvgIpc) is 3.26. The Balaban J connectivity index is 1.32. The van der Waals surface area contributed by atoms with Gasteiger partial charge in [-0.1, -0.05) is 6.42 Å². The molecule has 2 aromatic heterocycles. The lowest BCUT2D eigenvalue weighted by Gasteiger charge is -2.07. The maximum atomic E-state index is 12.9. The number of furan rings is 1. The molecule has 0 saturated carbocycles. The summed E-state index contributed by atoms with van der Waals surface area (Å²) < 4.78 is 26.1. The summed E-state index contributed by atoms with van der Waals surface area (Å²) in [6, 6.07) is 8.99. The Kier molecular flexibility index (Phi) is 5.36. The Hall–Kier alpha value is -3.16. The first-order chi connectivity index (χ1) is 13.7. The number of benzene rings is 1. The number of aromatic nitrogens is 3. The number of carbonyl (C=O) groups excluding carboxylic acids is 1. The van der Waals surface area contributed by atoms with Gasteiger partial charge in [-0.3, -0.25) is 4.79 Å². The molecule has 0 spiro atoms. The van der Waals surface area contributed by atoms with Crippen molar-refractivity contribution in [1.82, 2.24) is 20.1 Å². The normalized spacial score (nSPS) is 13.6. The van der Waals surface area contributed by atoms with Crippen LogP contribution in [0.5, 0.6) is 5.75 Å². The summed E-state index contributed by atoms with van der Waals surface area (Å²) in [6.07, 6.45) is 4.34. The van der Waals surface area contributed by atoms with E-state index in [0.717, 1.165) is 37.5 Å². The second-order valence-corrected chi connectivity index (χ2v) is 6.69. The molecule has 0 bridgehead atoms. The van der Waals surface area contributed by atoms with Gasteiger partial charge in [0.2, 0.25) is 0 Å². The second-order valence-electron chi connectivity index (χ2n) is 6.69. The molecule has 3 aromatic rings. The number of amides is 1. The van der Waals surface area contributed by atoms with E-state index in [1.165, 1.54) is 30.7 Å². The lowest BCUT2D eigenvalue weighted by Crippen LogP contribution is -2.24. The number of carbonyl (C=O) groups is 1. The molecule has 3 heterocycles. The van der Waals surface area contributed by atoms with E-state index in [1.807, 2.05) is 0 Å². The Morgan fingerprint density at radius 2 is 2.00 bits per heavy atom. The van der Waals surface area contributed by atoms with Crippen LogP contribution in [0.25, 0.3) is 0 Å². The highest BCUT2D eigenvalue weighted by Crippen LogP contribution is 2.16. The first kappa shape index (κ1) is 18.2. The first-order valence-electron chi connectivity index (χ1n) is 9.35. The van der Waals surface area contributed by atoms with E-state index < -0.39 is 0 Å². The fourth-order valence-corrected chi connectivity index (χ4v) is 3.19. The molecule has 1 aliphatic heterocycles. The summed E-state index contributed by atoms with van der Waals surface area (Å²) in [7, 11) is 0. The van der Waals surface area contributed by atoms with Crippen LogP contribution in [0.2, 0.25) is 0 Å². The number of nitrogens with one attached hydrogen (secondary N) is 1. The minimum Gasteiger partial charge on any atom is -0.486 e. The molecule has 4 rings (SSSR count). The predicted molar refractivity (Wildman–Crippen MR) is 98.2 cm³/mol. The molecule has 146 valence electrons. The van der Waals surface area contributed by atoms with Gasteiger partial charge in [-0.25, -0.2) is 4.39 Å². The summed E-state index contributed by atoms with van der Waals surface area (Å²) in [5.74, 6) is 2.33. The fourth-order valence-electron chi connectivity index (χ4n) is 3.19. The van der Waals surface area contributed by atoms with E-state index in [4.69, 9.17) is 9.15 Å². The van der Waals surface area contributed by atoms with Gasteiger partial charge in [0.25, 0.3) is 5.91 Å². The molecule has 7 nitrogen and oxygen atoms in total. The van der Waals surface area contributed by atoms with Gasteiger partial charge in [-0.2, -0.15) is 0 Å². The van der Waals surface area contributed by atoms with Crippen LogP contribution < -0.4 is 10.1 Å². The Bertz CT molecular complexity index is 949. The van der Waals surface area contributed by atoms with E-state index in [1.54, 1.807) is 12.1 Å². The molecule has 0 saturated heterocycles. The number of ether oxygens (including phenoxy) is 1. The van der Waals surface area contributed by atoms with Gasteiger partial charge in [0.1, 0.15) is 29.8 Å². The standard InChI is InChI=1S/C20H21FN4O3/c21-14-5-7-15(8-6-14)27-13-16-9-10-17(28-16)20(26)22-12-19-24-23-18-4-2-1-3-11-25(18)19/h5-10H,1-4,11-13H2,(H,22,26). The largest absolute Gasteiger partial charge is 0.486 e. The molecule has 0 fully saturated rings. The van der Waals surface area contributed by atoms with Gasteiger partial charge in [-0.05, 0) is 49.2 Å². The molecule has 0 radical (unpaired) electrons. The van der Waals surface area contributed by atoms with Gasteiger partial charge >= 0.3 is 0 Å². The average molecular weight is 384 g/mol. The summed E-state index contributed by atoms with van der Waals surface area (Å²) in [5.41, 5.74) is 0. The number of hydrogen-bond acceptors (Lipinski definition) is 5. The molecule has 28 heavy (non-hydrogen) atoms. The number of fused-ring (bicyclic) bond motifs is 1. The van der Waals surface area contributed by atoms with E-state index >= 15 is 0 Å². The minimum atomic E-state index is -0.325. The van der Waals surface area contributed by atoms with Gasteiger partial charge in [0, 0.05) is 13.0 Å². The van der Waals surface area contributed by atoms with Crippen molar-refractivity contribution in [2.45, 2.75) is 45.4 Å². The van der Waals surface area contributed by atoms with E-state index in [-0.39, 0.29) is 24.1 Å². The Labute approximate surface area is 161 Å². The van der Waals surface area contributed by atoms with Crippen LogP contribution in [0.4, 0.5) is 4.39 Å². The van der Waals surface area contributed by atoms with Gasteiger partial charge in [0.15, 0.2) is 11.6 Å². The monoisotopic (exact) mass is 384 g/mol. The lowest BCUT2D eigenvalue weighted by atomic mass is 10.2. The topological polar surface area (TPSA) is 82.2 Å². The van der Waals surface area contributed by atoms with Crippen LogP contribution in [0.1, 0.15) is 47.2 Å². The van der Waals surface area contributed by atoms with Crippen LogP contribution >= 0.6 is 0 Å². The Morgan fingerprint density at radius 1 is 1.14 bits per heavy atom. The summed E-state index contributed by atoms with van der Waals surface area (Å²) in [4.78, 5) is 12.4. The van der Waals surface area contributed by atoms with E-state index in [9.17, 15) is 9.18 Å². The SMILES string of the molecule is O=C(NCc1nnc2n1CCCCC2)c1ccc(COc2ccc(F)cc2)o1. The molecule has 0 atom stereocenters. The molecule has 1 aromatic carbocycles. The van der Waals surface area contributed by atoms with Crippen LogP contribution in [-0.2, 0) is 26.1 Å². The van der Waals surface area contributed by atoms with Crippen LogP contribution in [0.15, 0.2) is 40.8 Å². The Morgan fingerprint density at radius 3 is 2.86 bits per heavy atom. The smallest absolute Gasteiger partial charge is 0.287 e. The lowest BCUT2D eigenvalue weighted by molar-refractivity contribution is 0.0917. The molecule has 1 aliphatic rings. The molecular formula is C20H21FN4O3. The number of rotatable bonds is 6. The molecule has 8 heteroatoms. The number of halogens is 1. The number of aryl methyl sites for hydroxylation is 1. The van der Waals surface area contributed by atoms with Crippen LogP contribution in [0.3, 0.4) is 0 Å². The van der Waals surface area contributed by atoms with Crippen molar-refractivity contribution >= 4 is 5.91 Å². The summed E-state index contributed by atoms with van der Waals surface area (Å²) >= 11 is 0. The quantitative estimate of drug-likeness (QED) is 0.705. The van der Waals surface area contributed by atoms with Crippen molar-refractivity contribution in [3.8, 4) is 5.75 Å². The van der Waals surface area contributed by atoms with Crippen molar-refractivity contribution < 1.29 is 18.3 Å². The maximum absolute atomic E-state index is 12.9. The predicted octanol–water partition coefficient (Wildman–Crippen LogP) is 3.25. The number of nitrogens with zero attached hydrogens (tertiary/aromatic N) is 3. The zero-order chi connectivity index (χ0) is 19.3. The van der Waals surface area contributed by atoms with E-state index in [0.29, 0.717) is 18.1 Å². The fraction of sp³-hybridized carbons (Fsp3) is 0.350. The second kappa shape index (κ2) is 8.24. The van der Waals surface area contributed by atoms with Crippen molar-refractivity contribution in [1.29, 1.82) is 0 Å². The molecule has 0 unspecified atom stereocenters. The molecule has 0 aliphatic carbocycles. The zero-order valence-corrected chi connectivity index (χ0v) is 15.4. The minimum absolute atomic E-state index is 0.149. The van der Waals surface area contributed by atoms with Crippen molar-refractivity contribution in [2.24, 2.45) is 0 Å². The molecular weight excluding hydrogens is 363 g/mol. The summed E-state index contributed by atoms with van der Waals surface area (Å²) in [5, 5.41) is 11.3. The molecule has 1 N–H and O–H groups in total. The van der Waals surface area contributed by atoms with Gasteiger partial charge in [0.05, 0.1) is 6.54 Å². The van der Waals surface area contributed by atoms with Crippen LogP contribution in [0, 0.1) is 5.82 Å². The highest BCUT2D eigenvalue weighted by Gasteiger charge is 2.17. The van der Waals surface area contributed by atoms with Gasteiger partial charge < -0.3 is 19.0 Å². The van der Waals surface area contributed by atoms with Crippen molar-refractivity contribution in [2.75, 3.05) is 0 Å². The third kappa shape index (κ3) is 4.21. The third-order valence-electron chi connectivity index (χ3n) is 4.67. The summed E-state index contributed by atoms with van der Waals surface area (Å²) in [6.45, 7) is 1.34. The van der Waals surface area contributed by atoms with Crippen LogP contribution in [-0.4, -0.2) is 20.7 Å². The first-order valence-corrected chi connectivity index (χ1v) is 9.35. The van der Waals surface area contributed by atoms with Gasteiger partial charge in [-0.15, -0.1) is 10.2 Å². The highest BCUT2D eigenvalue weighted by molar-refractivity contribution is 5.91.